The van der Waals surface area contributed by atoms with E-state index in [9.17, 15) is 4.79 Å². The molecule has 0 heterocycles. The van der Waals surface area contributed by atoms with E-state index in [2.05, 4.69) is 12.2 Å². The Balaban J connectivity index is 2.14. The van der Waals surface area contributed by atoms with Crippen LogP contribution < -0.4 is 5.32 Å². The van der Waals surface area contributed by atoms with Gasteiger partial charge in [-0.25, -0.2) is 4.79 Å². The van der Waals surface area contributed by atoms with E-state index >= 15 is 0 Å². The molecule has 0 aliphatic heterocycles. The van der Waals surface area contributed by atoms with Crippen molar-refractivity contribution in [2.24, 2.45) is 11.8 Å². The van der Waals surface area contributed by atoms with Crippen LogP contribution in [-0.4, -0.2) is 17.6 Å². The first-order chi connectivity index (χ1) is 7.59. The van der Waals surface area contributed by atoms with Gasteiger partial charge in [-0.1, -0.05) is 19.1 Å². The van der Waals surface area contributed by atoms with Crippen molar-refractivity contribution in [3.05, 3.63) is 29.3 Å². The number of carboxylic acids is 1. The molecule has 16 heavy (non-hydrogen) atoms. The van der Waals surface area contributed by atoms with Crippen molar-refractivity contribution in [3.8, 4) is 0 Å². The van der Waals surface area contributed by atoms with E-state index < -0.39 is 5.97 Å². The van der Waals surface area contributed by atoms with Crippen molar-refractivity contribution >= 4 is 11.7 Å². The van der Waals surface area contributed by atoms with Crippen molar-refractivity contribution in [1.82, 2.24) is 0 Å². The van der Waals surface area contributed by atoms with Gasteiger partial charge in [-0.15, -0.1) is 0 Å². The average Bonchev–Trinajstić information content (AvgIpc) is 2.92. The molecule has 0 spiro atoms. The molecule has 86 valence electrons. The molecule has 1 saturated carbocycles. The number of hydrogen-bond acceptors (Lipinski definition) is 2. The maximum absolute atomic E-state index is 11.1. The van der Waals surface area contributed by atoms with Gasteiger partial charge in [0.2, 0.25) is 0 Å². The van der Waals surface area contributed by atoms with Crippen molar-refractivity contribution in [2.75, 3.05) is 11.9 Å². The average molecular weight is 219 g/mol. The highest BCUT2D eigenvalue weighted by Gasteiger charge is 2.32. The second kappa shape index (κ2) is 4.16. The molecule has 1 aromatic carbocycles. The minimum absolute atomic E-state index is 0.369. The van der Waals surface area contributed by atoms with Crippen LogP contribution in [0.3, 0.4) is 0 Å². The van der Waals surface area contributed by atoms with Gasteiger partial charge in [-0.2, -0.15) is 0 Å². The number of para-hydroxylation sites is 1. The zero-order valence-electron chi connectivity index (χ0n) is 9.66. The number of aromatic carboxylic acids is 1. The first-order valence-corrected chi connectivity index (χ1v) is 5.66. The van der Waals surface area contributed by atoms with Gasteiger partial charge in [0.25, 0.3) is 0 Å². The molecule has 3 heteroatoms. The van der Waals surface area contributed by atoms with Crippen molar-refractivity contribution in [1.29, 1.82) is 0 Å². The quantitative estimate of drug-likeness (QED) is 0.818. The molecule has 2 atom stereocenters. The van der Waals surface area contributed by atoms with Gasteiger partial charge in [0, 0.05) is 6.54 Å². The van der Waals surface area contributed by atoms with Crippen LogP contribution in [0.1, 0.15) is 29.3 Å². The molecule has 0 bridgehead atoms. The highest BCUT2D eigenvalue weighted by atomic mass is 16.4. The summed E-state index contributed by atoms with van der Waals surface area (Å²) in [6.07, 6.45) is 1.25. The van der Waals surface area contributed by atoms with Gasteiger partial charge < -0.3 is 10.4 Å². The van der Waals surface area contributed by atoms with E-state index in [-0.39, 0.29) is 0 Å². The predicted molar refractivity (Wildman–Crippen MR) is 63.9 cm³/mol. The van der Waals surface area contributed by atoms with Crippen molar-refractivity contribution in [3.63, 3.8) is 0 Å². The maximum atomic E-state index is 11.1. The molecule has 0 aromatic heterocycles. The van der Waals surface area contributed by atoms with Gasteiger partial charge in [0.05, 0.1) is 11.3 Å². The third-order valence-corrected chi connectivity index (χ3v) is 3.32. The number of hydrogen-bond donors (Lipinski definition) is 2. The van der Waals surface area contributed by atoms with E-state index in [4.69, 9.17) is 5.11 Å². The predicted octanol–water partition coefficient (Wildman–Crippen LogP) is 2.76. The lowest BCUT2D eigenvalue weighted by atomic mass is 10.1. The summed E-state index contributed by atoms with van der Waals surface area (Å²) >= 11 is 0. The zero-order valence-corrected chi connectivity index (χ0v) is 9.66. The summed E-state index contributed by atoms with van der Waals surface area (Å²) in [7, 11) is 0. The normalized spacial score (nSPS) is 22.9. The summed E-state index contributed by atoms with van der Waals surface area (Å²) in [5, 5.41) is 12.4. The summed E-state index contributed by atoms with van der Waals surface area (Å²) in [6, 6.07) is 5.36. The van der Waals surface area contributed by atoms with Crippen molar-refractivity contribution in [2.45, 2.75) is 20.3 Å². The molecule has 0 saturated heterocycles. The monoisotopic (exact) mass is 219 g/mol. The molecule has 2 N–H and O–H groups in total. The Morgan fingerprint density at radius 1 is 1.56 bits per heavy atom. The lowest BCUT2D eigenvalue weighted by molar-refractivity contribution is 0.0698. The van der Waals surface area contributed by atoms with Gasteiger partial charge in [0.15, 0.2) is 0 Å². The molecule has 0 amide bonds. The molecule has 2 unspecified atom stereocenters. The van der Waals surface area contributed by atoms with Gasteiger partial charge in [-0.05, 0) is 36.8 Å². The minimum atomic E-state index is -0.866. The topological polar surface area (TPSA) is 49.3 Å². The molecule has 2 rings (SSSR count). The second-order valence-electron chi connectivity index (χ2n) is 4.66. The largest absolute Gasteiger partial charge is 0.478 e. The highest BCUT2D eigenvalue weighted by molar-refractivity contribution is 5.95. The second-order valence-corrected chi connectivity index (χ2v) is 4.66. The lowest BCUT2D eigenvalue weighted by Crippen LogP contribution is -2.10. The van der Waals surface area contributed by atoms with Gasteiger partial charge in [0.1, 0.15) is 0 Å². The van der Waals surface area contributed by atoms with Crippen LogP contribution >= 0.6 is 0 Å². The molecular weight excluding hydrogens is 202 g/mol. The summed E-state index contributed by atoms with van der Waals surface area (Å²) in [5.74, 6) is 0.626. The molecule has 0 radical (unpaired) electrons. The molecule has 3 nitrogen and oxygen atoms in total. The van der Waals surface area contributed by atoms with E-state index in [1.54, 1.807) is 12.1 Å². The molecule has 1 fully saturated rings. The first kappa shape index (κ1) is 11.0. The van der Waals surface area contributed by atoms with E-state index in [1.165, 1.54) is 6.42 Å². The molecule has 1 aromatic rings. The minimum Gasteiger partial charge on any atom is -0.478 e. The van der Waals surface area contributed by atoms with E-state index in [1.807, 2.05) is 13.0 Å². The summed E-state index contributed by atoms with van der Waals surface area (Å²) in [5.41, 5.74) is 2.13. The zero-order chi connectivity index (χ0) is 11.7. The van der Waals surface area contributed by atoms with Crippen LogP contribution in [0, 0.1) is 18.8 Å². The van der Waals surface area contributed by atoms with Crippen LogP contribution in [0.15, 0.2) is 18.2 Å². The Bertz CT molecular complexity index is 414. The molecule has 1 aliphatic carbocycles. The van der Waals surface area contributed by atoms with Gasteiger partial charge in [-0.3, -0.25) is 0 Å². The number of rotatable bonds is 4. The fourth-order valence-electron chi connectivity index (χ4n) is 2.00. The van der Waals surface area contributed by atoms with E-state index in [0.29, 0.717) is 11.5 Å². The Kier molecular flexibility index (Phi) is 2.86. The summed E-state index contributed by atoms with van der Waals surface area (Å²) in [6.45, 7) is 5.04. The van der Waals surface area contributed by atoms with Crippen LogP contribution in [0.4, 0.5) is 5.69 Å². The lowest BCUT2D eigenvalue weighted by Gasteiger charge is -2.12. The number of aryl methyl sites for hydroxylation is 1. The Morgan fingerprint density at radius 2 is 2.25 bits per heavy atom. The number of carboxylic acid groups (broad SMARTS) is 1. The number of benzene rings is 1. The first-order valence-electron chi connectivity index (χ1n) is 5.66. The molecular formula is C13H17NO2. The third-order valence-electron chi connectivity index (χ3n) is 3.32. The standard InChI is InChI=1S/C13H17NO2/c1-8-4-3-5-11(13(15)16)12(8)14-7-10-6-9(10)2/h3-5,9-10,14H,6-7H2,1-2H3,(H,15,16). The highest BCUT2D eigenvalue weighted by Crippen LogP contribution is 2.38. The number of nitrogens with one attached hydrogen (secondary N) is 1. The van der Waals surface area contributed by atoms with Crippen LogP contribution in [0.2, 0.25) is 0 Å². The summed E-state index contributed by atoms with van der Waals surface area (Å²) in [4.78, 5) is 11.1. The Hall–Kier alpha value is -1.51. The van der Waals surface area contributed by atoms with Crippen LogP contribution in [-0.2, 0) is 0 Å². The molecule has 1 aliphatic rings. The Morgan fingerprint density at radius 3 is 2.81 bits per heavy atom. The third kappa shape index (κ3) is 2.18. The van der Waals surface area contributed by atoms with E-state index in [0.717, 1.165) is 23.7 Å². The Labute approximate surface area is 95.5 Å². The SMILES string of the molecule is Cc1cccc(C(=O)O)c1NCC1CC1C. The number of carbonyl (C=O) groups is 1. The van der Waals surface area contributed by atoms with Crippen LogP contribution in [0.25, 0.3) is 0 Å². The van der Waals surface area contributed by atoms with Crippen LogP contribution in [0.5, 0.6) is 0 Å². The fourth-order valence-corrected chi connectivity index (χ4v) is 2.00. The fraction of sp³-hybridized carbons (Fsp3) is 0.462. The number of anilines is 1. The summed E-state index contributed by atoms with van der Waals surface area (Å²) < 4.78 is 0. The maximum Gasteiger partial charge on any atom is 0.337 e. The smallest absolute Gasteiger partial charge is 0.337 e. The van der Waals surface area contributed by atoms with Gasteiger partial charge >= 0.3 is 5.97 Å². The van der Waals surface area contributed by atoms with Crippen molar-refractivity contribution < 1.29 is 9.90 Å².